The van der Waals surface area contributed by atoms with Gasteiger partial charge in [0.2, 0.25) is 0 Å². The third kappa shape index (κ3) is 2.69. The van der Waals surface area contributed by atoms with Crippen molar-refractivity contribution in [1.29, 1.82) is 5.26 Å². The molecule has 2 rings (SSSR count). The molecular formula is C12H11ClN2O2. The van der Waals surface area contributed by atoms with Crippen molar-refractivity contribution in [1.82, 2.24) is 0 Å². The number of rotatable bonds is 4. The number of anilines is 1. The van der Waals surface area contributed by atoms with Crippen LogP contribution in [0.25, 0.3) is 0 Å². The molecule has 1 saturated carbocycles. The molecule has 1 N–H and O–H groups in total. The van der Waals surface area contributed by atoms with Crippen molar-refractivity contribution in [2.24, 2.45) is 0 Å². The molecule has 0 aromatic heterocycles. The van der Waals surface area contributed by atoms with Gasteiger partial charge in [-0.3, -0.25) is 4.79 Å². The van der Waals surface area contributed by atoms with Gasteiger partial charge in [-0.15, -0.1) is 0 Å². The third-order valence-electron chi connectivity index (χ3n) is 2.68. The maximum atomic E-state index is 10.8. The van der Waals surface area contributed by atoms with Gasteiger partial charge in [-0.25, -0.2) is 0 Å². The molecule has 88 valence electrons. The van der Waals surface area contributed by atoms with Crippen molar-refractivity contribution in [2.75, 3.05) is 11.4 Å². The number of carboxylic acids is 1. The maximum absolute atomic E-state index is 10.8. The van der Waals surface area contributed by atoms with Gasteiger partial charge >= 0.3 is 5.97 Å². The third-order valence-corrected chi connectivity index (χ3v) is 2.92. The second-order valence-corrected chi connectivity index (χ2v) is 4.46. The van der Waals surface area contributed by atoms with Gasteiger partial charge in [-0.1, -0.05) is 11.6 Å². The van der Waals surface area contributed by atoms with E-state index in [0.717, 1.165) is 12.8 Å². The van der Waals surface area contributed by atoms with Crippen molar-refractivity contribution >= 4 is 23.3 Å². The summed E-state index contributed by atoms with van der Waals surface area (Å²) in [5.41, 5.74) is 1.08. The lowest BCUT2D eigenvalue weighted by Crippen LogP contribution is -2.32. The van der Waals surface area contributed by atoms with Gasteiger partial charge in [0.1, 0.15) is 12.6 Å². The van der Waals surface area contributed by atoms with E-state index in [1.807, 2.05) is 0 Å². The van der Waals surface area contributed by atoms with Crippen molar-refractivity contribution in [3.63, 3.8) is 0 Å². The molecular weight excluding hydrogens is 240 g/mol. The topological polar surface area (TPSA) is 64.3 Å². The van der Waals surface area contributed by atoms with Crippen molar-refractivity contribution in [3.05, 3.63) is 28.8 Å². The number of hydrogen-bond donors (Lipinski definition) is 1. The number of halogens is 1. The van der Waals surface area contributed by atoms with E-state index in [1.54, 1.807) is 23.1 Å². The number of nitrogens with zero attached hydrogens (tertiary/aromatic N) is 2. The number of carboxylic acid groups (broad SMARTS) is 1. The lowest BCUT2D eigenvalue weighted by atomic mass is 10.1. The second-order valence-electron chi connectivity index (χ2n) is 4.03. The first-order valence-corrected chi connectivity index (χ1v) is 5.67. The van der Waals surface area contributed by atoms with E-state index in [4.69, 9.17) is 22.0 Å². The molecule has 1 aliphatic carbocycles. The maximum Gasteiger partial charge on any atom is 0.323 e. The summed E-state index contributed by atoms with van der Waals surface area (Å²) in [5, 5.41) is 18.4. The Morgan fingerprint density at radius 1 is 1.59 bits per heavy atom. The van der Waals surface area contributed by atoms with Gasteiger partial charge in [-0.2, -0.15) is 5.26 Å². The van der Waals surface area contributed by atoms with Crippen LogP contribution in [0.5, 0.6) is 0 Å². The largest absolute Gasteiger partial charge is 0.480 e. The Hall–Kier alpha value is -1.73. The Morgan fingerprint density at radius 3 is 2.82 bits per heavy atom. The highest BCUT2D eigenvalue weighted by molar-refractivity contribution is 6.30. The second kappa shape index (κ2) is 4.64. The highest BCUT2D eigenvalue weighted by Gasteiger charge is 2.31. The fourth-order valence-electron chi connectivity index (χ4n) is 1.79. The minimum absolute atomic E-state index is 0.0824. The summed E-state index contributed by atoms with van der Waals surface area (Å²) in [6.07, 6.45) is 1.95. The smallest absolute Gasteiger partial charge is 0.323 e. The van der Waals surface area contributed by atoms with Gasteiger partial charge < -0.3 is 10.0 Å². The van der Waals surface area contributed by atoms with Gasteiger partial charge in [-0.05, 0) is 31.0 Å². The van der Waals surface area contributed by atoms with Crippen LogP contribution in [0.15, 0.2) is 18.2 Å². The van der Waals surface area contributed by atoms with E-state index in [9.17, 15) is 4.79 Å². The fraction of sp³-hybridized carbons (Fsp3) is 0.333. The average Bonchev–Trinajstić information content (AvgIpc) is 3.09. The number of carbonyl (C=O) groups is 1. The number of aliphatic carboxylic acids is 1. The molecule has 0 spiro atoms. The Morgan fingerprint density at radius 2 is 2.29 bits per heavy atom. The minimum Gasteiger partial charge on any atom is -0.480 e. The van der Waals surface area contributed by atoms with Crippen molar-refractivity contribution < 1.29 is 9.90 Å². The monoisotopic (exact) mass is 250 g/mol. The molecule has 0 saturated heterocycles. The lowest BCUT2D eigenvalue weighted by Gasteiger charge is -2.23. The highest BCUT2D eigenvalue weighted by atomic mass is 35.5. The normalized spacial score (nSPS) is 14.1. The van der Waals surface area contributed by atoms with Gasteiger partial charge in [0.05, 0.1) is 11.3 Å². The van der Waals surface area contributed by atoms with Gasteiger partial charge in [0.25, 0.3) is 0 Å². The SMILES string of the molecule is N#Cc1cc(Cl)ccc1N(CC(=O)O)C1CC1. The molecule has 4 nitrogen and oxygen atoms in total. The summed E-state index contributed by atoms with van der Waals surface area (Å²) < 4.78 is 0. The molecule has 0 radical (unpaired) electrons. The van der Waals surface area contributed by atoms with E-state index in [2.05, 4.69) is 6.07 Å². The Kier molecular flexibility index (Phi) is 3.21. The van der Waals surface area contributed by atoms with Crippen LogP contribution in [0.3, 0.4) is 0 Å². The zero-order chi connectivity index (χ0) is 12.4. The van der Waals surface area contributed by atoms with Crippen LogP contribution in [0.1, 0.15) is 18.4 Å². The summed E-state index contributed by atoms with van der Waals surface area (Å²) >= 11 is 5.82. The van der Waals surface area contributed by atoms with Crippen LogP contribution >= 0.6 is 11.6 Å². The number of benzene rings is 1. The van der Waals surface area contributed by atoms with Gasteiger partial charge in [0.15, 0.2) is 0 Å². The number of hydrogen-bond acceptors (Lipinski definition) is 3. The fourth-order valence-corrected chi connectivity index (χ4v) is 1.96. The molecule has 1 fully saturated rings. The molecule has 0 unspecified atom stereocenters. The summed E-state index contributed by atoms with van der Waals surface area (Å²) in [6.45, 7) is -0.0824. The van der Waals surface area contributed by atoms with E-state index in [0.29, 0.717) is 16.3 Å². The summed E-state index contributed by atoms with van der Waals surface area (Å²) in [7, 11) is 0. The Labute approximate surface area is 104 Å². The molecule has 0 atom stereocenters. The molecule has 0 heterocycles. The number of nitriles is 1. The predicted octanol–water partition coefficient (Wildman–Crippen LogP) is 2.27. The summed E-state index contributed by atoms with van der Waals surface area (Å²) in [4.78, 5) is 12.6. The molecule has 0 bridgehead atoms. The molecule has 1 aliphatic rings. The first-order chi connectivity index (χ1) is 8.11. The standard InChI is InChI=1S/C12H11ClN2O2/c13-9-1-4-11(8(5-9)6-14)15(7-12(16)17)10-2-3-10/h1,4-5,10H,2-3,7H2,(H,16,17). The highest BCUT2D eigenvalue weighted by Crippen LogP contribution is 2.34. The van der Waals surface area contributed by atoms with Crippen LogP contribution in [0.4, 0.5) is 5.69 Å². The molecule has 0 amide bonds. The van der Waals surface area contributed by atoms with Crippen LogP contribution in [-0.2, 0) is 4.79 Å². The molecule has 0 aliphatic heterocycles. The molecule has 17 heavy (non-hydrogen) atoms. The predicted molar refractivity (Wildman–Crippen MR) is 64.2 cm³/mol. The van der Waals surface area contributed by atoms with Crippen LogP contribution in [-0.4, -0.2) is 23.7 Å². The van der Waals surface area contributed by atoms with Crippen LogP contribution < -0.4 is 4.90 Å². The van der Waals surface area contributed by atoms with Crippen LogP contribution in [0, 0.1) is 11.3 Å². The minimum atomic E-state index is -0.893. The zero-order valence-corrected chi connectivity index (χ0v) is 9.81. The Bertz CT molecular complexity index is 492. The van der Waals surface area contributed by atoms with E-state index < -0.39 is 5.97 Å². The molecule has 1 aromatic carbocycles. The van der Waals surface area contributed by atoms with Crippen molar-refractivity contribution in [3.8, 4) is 6.07 Å². The quantitative estimate of drug-likeness (QED) is 0.890. The average molecular weight is 251 g/mol. The first-order valence-electron chi connectivity index (χ1n) is 5.30. The Balaban J connectivity index is 2.35. The van der Waals surface area contributed by atoms with Crippen LogP contribution in [0.2, 0.25) is 5.02 Å². The van der Waals surface area contributed by atoms with E-state index in [-0.39, 0.29) is 12.6 Å². The zero-order valence-electron chi connectivity index (χ0n) is 9.06. The molecule has 5 heteroatoms. The summed E-state index contributed by atoms with van der Waals surface area (Å²) in [5.74, 6) is -0.893. The van der Waals surface area contributed by atoms with Crippen molar-refractivity contribution in [2.45, 2.75) is 18.9 Å². The lowest BCUT2D eigenvalue weighted by molar-refractivity contribution is -0.135. The van der Waals surface area contributed by atoms with E-state index >= 15 is 0 Å². The van der Waals surface area contributed by atoms with Gasteiger partial charge in [0, 0.05) is 11.1 Å². The summed E-state index contributed by atoms with van der Waals surface area (Å²) in [6, 6.07) is 7.24. The first kappa shape index (κ1) is 11.7. The van der Waals surface area contributed by atoms with E-state index in [1.165, 1.54) is 0 Å². The molecule has 1 aromatic rings.